The molecule has 0 N–H and O–H groups in total. The van der Waals surface area contributed by atoms with Gasteiger partial charge in [-0.1, -0.05) is 57.2 Å². The van der Waals surface area contributed by atoms with E-state index in [4.69, 9.17) is 4.74 Å². The zero-order valence-corrected chi connectivity index (χ0v) is 14.5. The first-order chi connectivity index (χ1) is 9.62. The first kappa shape index (κ1) is 16.3. The molecule has 1 heteroatoms. The smallest absolute Gasteiger partial charge is 0.0981 e. The molecule has 2 aliphatic carbocycles. The molecule has 0 fully saturated rings. The standard InChI is InChI=1S/C20H30O/c1-18(2,3)17-13-9-10-14-20(17,21-19(4,5)6)15-16-11-7-8-12-16/h7,9-13H,8,14-15H2,1-6H3. The Bertz CT molecular complexity index is 503. The van der Waals surface area contributed by atoms with Gasteiger partial charge < -0.3 is 4.74 Å². The molecule has 0 aromatic carbocycles. The van der Waals surface area contributed by atoms with Crippen molar-refractivity contribution in [1.29, 1.82) is 0 Å². The van der Waals surface area contributed by atoms with Crippen LogP contribution in [0.3, 0.4) is 0 Å². The van der Waals surface area contributed by atoms with Crippen LogP contribution in [-0.4, -0.2) is 11.2 Å². The van der Waals surface area contributed by atoms with E-state index in [9.17, 15) is 0 Å². The van der Waals surface area contributed by atoms with Crippen molar-refractivity contribution in [2.45, 2.75) is 72.0 Å². The summed E-state index contributed by atoms with van der Waals surface area (Å²) in [6.07, 6.45) is 16.5. The molecule has 0 saturated carbocycles. The van der Waals surface area contributed by atoms with E-state index in [1.807, 2.05) is 0 Å². The van der Waals surface area contributed by atoms with Gasteiger partial charge in [-0.05, 0) is 50.2 Å². The molecular formula is C20H30O. The van der Waals surface area contributed by atoms with E-state index >= 15 is 0 Å². The summed E-state index contributed by atoms with van der Waals surface area (Å²) in [5.41, 5.74) is 2.56. The normalized spacial score (nSPS) is 26.0. The minimum atomic E-state index is -0.217. The summed E-state index contributed by atoms with van der Waals surface area (Å²) >= 11 is 0. The van der Waals surface area contributed by atoms with Gasteiger partial charge in [0, 0.05) is 6.42 Å². The highest BCUT2D eigenvalue weighted by atomic mass is 16.5. The van der Waals surface area contributed by atoms with Crippen molar-refractivity contribution in [2.24, 2.45) is 5.41 Å². The van der Waals surface area contributed by atoms with Crippen LogP contribution in [0.4, 0.5) is 0 Å². The van der Waals surface area contributed by atoms with E-state index < -0.39 is 0 Å². The predicted molar refractivity (Wildman–Crippen MR) is 91.3 cm³/mol. The molecule has 0 amide bonds. The van der Waals surface area contributed by atoms with Gasteiger partial charge in [0.05, 0.1) is 11.2 Å². The summed E-state index contributed by atoms with van der Waals surface area (Å²) in [5.74, 6) is 0. The molecule has 116 valence electrons. The van der Waals surface area contributed by atoms with Crippen molar-refractivity contribution in [1.82, 2.24) is 0 Å². The molecule has 2 rings (SSSR count). The maximum atomic E-state index is 6.67. The number of hydrogen-bond donors (Lipinski definition) is 0. The molecule has 0 spiro atoms. The summed E-state index contributed by atoms with van der Waals surface area (Å²) in [6.45, 7) is 13.3. The second-order valence-electron chi connectivity index (χ2n) is 8.27. The van der Waals surface area contributed by atoms with E-state index in [0.717, 1.165) is 19.3 Å². The molecule has 1 nitrogen and oxygen atoms in total. The van der Waals surface area contributed by atoms with E-state index in [-0.39, 0.29) is 16.6 Å². The zero-order chi connectivity index (χ0) is 15.7. The Labute approximate surface area is 130 Å². The van der Waals surface area contributed by atoms with Gasteiger partial charge >= 0.3 is 0 Å². The second-order valence-corrected chi connectivity index (χ2v) is 8.27. The highest BCUT2D eigenvalue weighted by Gasteiger charge is 2.43. The summed E-state index contributed by atoms with van der Waals surface area (Å²) in [7, 11) is 0. The van der Waals surface area contributed by atoms with Gasteiger partial charge in [0.15, 0.2) is 0 Å². The maximum absolute atomic E-state index is 6.67. The molecule has 2 aliphatic rings. The number of rotatable bonds is 3. The third-order valence-corrected chi connectivity index (χ3v) is 3.98. The molecule has 0 saturated heterocycles. The number of hydrogen-bond acceptors (Lipinski definition) is 1. The molecule has 0 aromatic rings. The van der Waals surface area contributed by atoms with Crippen molar-refractivity contribution in [2.75, 3.05) is 0 Å². The highest BCUT2D eigenvalue weighted by Crippen LogP contribution is 2.46. The Kier molecular flexibility index (Phi) is 4.35. The third-order valence-electron chi connectivity index (χ3n) is 3.98. The Hall–Kier alpha value is -1.08. The predicted octanol–water partition coefficient (Wildman–Crippen LogP) is 5.75. The lowest BCUT2D eigenvalue weighted by Crippen LogP contribution is -2.45. The molecule has 0 heterocycles. The first-order valence-corrected chi connectivity index (χ1v) is 8.06. The molecular weight excluding hydrogens is 256 g/mol. The molecule has 0 aromatic heterocycles. The van der Waals surface area contributed by atoms with Crippen LogP contribution in [-0.2, 0) is 4.74 Å². The fourth-order valence-corrected chi connectivity index (χ4v) is 3.47. The first-order valence-electron chi connectivity index (χ1n) is 8.06. The van der Waals surface area contributed by atoms with Crippen molar-refractivity contribution in [3.63, 3.8) is 0 Å². The van der Waals surface area contributed by atoms with Gasteiger partial charge in [0.2, 0.25) is 0 Å². The summed E-state index contributed by atoms with van der Waals surface area (Å²) in [4.78, 5) is 0. The monoisotopic (exact) mass is 286 g/mol. The van der Waals surface area contributed by atoms with Gasteiger partial charge in [-0.2, -0.15) is 0 Å². The Morgan fingerprint density at radius 1 is 1.10 bits per heavy atom. The fraction of sp³-hybridized carbons (Fsp3) is 0.600. The SMILES string of the molecule is CC(C)(C)OC1(CC2=CCC=C2)CC=CC=C1C(C)(C)C. The Morgan fingerprint density at radius 3 is 2.33 bits per heavy atom. The largest absolute Gasteiger partial charge is 0.364 e. The summed E-state index contributed by atoms with van der Waals surface area (Å²) in [5, 5.41) is 0. The Balaban J connectivity index is 2.41. The van der Waals surface area contributed by atoms with Gasteiger partial charge in [0.1, 0.15) is 0 Å². The lowest BCUT2D eigenvalue weighted by Gasteiger charge is -2.46. The molecule has 0 bridgehead atoms. The Morgan fingerprint density at radius 2 is 1.81 bits per heavy atom. The van der Waals surface area contributed by atoms with Crippen LogP contribution in [0.2, 0.25) is 0 Å². The molecule has 21 heavy (non-hydrogen) atoms. The van der Waals surface area contributed by atoms with Gasteiger partial charge in [0.25, 0.3) is 0 Å². The minimum Gasteiger partial charge on any atom is -0.364 e. The van der Waals surface area contributed by atoms with Crippen LogP contribution in [0.15, 0.2) is 47.6 Å². The quantitative estimate of drug-likeness (QED) is 0.642. The van der Waals surface area contributed by atoms with E-state index in [1.165, 1.54) is 11.1 Å². The van der Waals surface area contributed by atoms with Gasteiger partial charge in [-0.3, -0.25) is 0 Å². The van der Waals surface area contributed by atoms with Crippen LogP contribution >= 0.6 is 0 Å². The van der Waals surface area contributed by atoms with Gasteiger partial charge in [-0.25, -0.2) is 0 Å². The van der Waals surface area contributed by atoms with Crippen LogP contribution < -0.4 is 0 Å². The molecule has 1 atom stereocenters. The number of ether oxygens (including phenoxy) is 1. The molecule has 0 radical (unpaired) electrons. The van der Waals surface area contributed by atoms with Crippen LogP contribution in [0.1, 0.15) is 60.8 Å². The molecule has 0 aliphatic heterocycles. The average molecular weight is 286 g/mol. The van der Waals surface area contributed by atoms with Crippen LogP contribution in [0, 0.1) is 5.41 Å². The minimum absolute atomic E-state index is 0.110. The van der Waals surface area contributed by atoms with Crippen LogP contribution in [0.25, 0.3) is 0 Å². The highest BCUT2D eigenvalue weighted by molar-refractivity contribution is 5.38. The third kappa shape index (κ3) is 3.97. The van der Waals surface area contributed by atoms with E-state index in [2.05, 4.69) is 78.0 Å². The van der Waals surface area contributed by atoms with Crippen LogP contribution in [0.5, 0.6) is 0 Å². The molecule has 1 unspecified atom stereocenters. The topological polar surface area (TPSA) is 9.23 Å². The van der Waals surface area contributed by atoms with E-state index in [0.29, 0.717) is 0 Å². The van der Waals surface area contributed by atoms with Crippen molar-refractivity contribution >= 4 is 0 Å². The lowest BCUT2D eigenvalue weighted by molar-refractivity contribution is -0.116. The van der Waals surface area contributed by atoms with Crippen molar-refractivity contribution < 1.29 is 4.74 Å². The van der Waals surface area contributed by atoms with E-state index in [1.54, 1.807) is 0 Å². The summed E-state index contributed by atoms with van der Waals surface area (Å²) in [6, 6.07) is 0. The maximum Gasteiger partial charge on any atom is 0.0981 e. The second kappa shape index (κ2) is 5.61. The fourth-order valence-electron chi connectivity index (χ4n) is 3.47. The van der Waals surface area contributed by atoms with Gasteiger partial charge in [-0.15, -0.1) is 0 Å². The lowest BCUT2D eigenvalue weighted by atomic mass is 9.69. The summed E-state index contributed by atoms with van der Waals surface area (Å²) < 4.78 is 6.67. The zero-order valence-electron chi connectivity index (χ0n) is 14.5. The van der Waals surface area contributed by atoms with Crippen molar-refractivity contribution in [3.05, 3.63) is 47.6 Å². The van der Waals surface area contributed by atoms with Crippen molar-refractivity contribution in [3.8, 4) is 0 Å². The number of allylic oxidation sites excluding steroid dienone is 5. The average Bonchev–Trinajstić information content (AvgIpc) is 2.78.